The number of hydrogen-bond donors (Lipinski definition) is 1. The normalized spacial score (nSPS) is 21.8. The second-order valence-electron chi connectivity index (χ2n) is 3.58. The van der Waals surface area contributed by atoms with Gasteiger partial charge in [0.25, 0.3) is 0 Å². The van der Waals surface area contributed by atoms with Crippen molar-refractivity contribution in [3.8, 4) is 0 Å². The zero-order chi connectivity index (χ0) is 10.9. The minimum Gasteiger partial charge on any atom is -0.301 e. The molecule has 0 amide bonds. The summed E-state index contributed by atoms with van der Waals surface area (Å²) in [5.74, 6) is 0. The van der Waals surface area contributed by atoms with Crippen molar-refractivity contribution in [2.24, 2.45) is 0 Å². The van der Waals surface area contributed by atoms with Crippen molar-refractivity contribution >= 4 is 25.8 Å². The van der Waals surface area contributed by atoms with E-state index in [4.69, 9.17) is 0 Å². The molecule has 0 aliphatic carbocycles. The molecule has 0 aromatic heterocycles. The second kappa shape index (κ2) is 4.23. The molecule has 1 unspecified atom stereocenters. The highest BCUT2D eigenvalue weighted by Crippen LogP contribution is 2.22. The van der Waals surface area contributed by atoms with Gasteiger partial charge >= 0.3 is 0 Å². The fourth-order valence-electron chi connectivity index (χ4n) is 1.71. The first-order valence-corrected chi connectivity index (χ1v) is 7.17. The van der Waals surface area contributed by atoms with Gasteiger partial charge in [-0.3, -0.25) is 0 Å². The van der Waals surface area contributed by atoms with Crippen molar-refractivity contribution in [3.63, 3.8) is 0 Å². The van der Waals surface area contributed by atoms with Crippen molar-refractivity contribution in [2.45, 2.75) is 23.1 Å². The number of sulfone groups is 1. The lowest BCUT2D eigenvalue weighted by Gasteiger charge is -2.11. The van der Waals surface area contributed by atoms with E-state index < -0.39 is 15.2 Å². The Hall–Kier alpha value is -0.390. The van der Waals surface area contributed by atoms with E-state index in [2.05, 4.69) is 21.2 Å². The largest absolute Gasteiger partial charge is 0.301 e. The fourth-order valence-corrected chi connectivity index (χ4v) is 3.63. The summed E-state index contributed by atoms with van der Waals surface area (Å²) in [5.41, 5.74) is 0. The molecule has 1 N–H and O–H groups in total. The van der Waals surface area contributed by atoms with Crippen LogP contribution in [0.3, 0.4) is 0 Å². The average Bonchev–Trinajstić information content (AvgIpc) is 2.71. The predicted octanol–water partition coefficient (Wildman–Crippen LogP) is 1.93. The lowest BCUT2D eigenvalue weighted by molar-refractivity contribution is 0.571. The third-order valence-electron chi connectivity index (χ3n) is 2.53. The van der Waals surface area contributed by atoms with Gasteiger partial charge in [-0.25, -0.2) is 8.42 Å². The van der Waals surface area contributed by atoms with Gasteiger partial charge in [0, 0.05) is 4.47 Å². The average molecular weight is 290 g/mol. The van der Waals surface area contributed by atoms with Gasteiger partial charge in [-0.2, -0.15) is 0 Å². The van der Waals surface area contributed by atoms with Crippen molar-refractivity contribution in [3.05, 3.63) is 28.7 Å². The summed E-state index contributed by atoms with van der Waals surface area (Å²) in [4.78, 5) is 0.394. The van der Waals surface area contributed by atoms with E-state index in [1.54, 1.807) is 24.3 Å². The van der Waals surface area contributed by atoms with Gasteiger partial charge in [-0.15, -0.1) is 0 Å². The van der Waals surface area contributed by atoms with Crippen LogP contribution in [-0.2, 0) is 9.84 Å². The van der Waals surface area contributed by atoms with E-state index in [-0.39, 0.29) is 0 Å². The molecule has 5 heteroatoms. The Labute approximate surface area is 97.9 Å². The number of hydrogen-bond acceptors (Lipinski definition) is 3. The van der Waals surface area contributed by atoms with Gasteiger partial charge in [-0.05, 0) is 43.7 Å². The van der Waals surface area contributed by atoms with E-state index in [0.717, 1.165) is 17.4 Å². The van der Waals surface area contributed by atoms with Gasteiger partial charge in [0.2, 0.25) is 0 Å². The van der Waals surface area contributed by atoms with Crippen LogP contribution in [0.1, 0.15) is 12.8 Å². The Balaban J connectivity index is 2.32. The van der Waals surface area contributed by atoms with E-state index in [9.17, 15) is 8.42 Å². The summed E-state index contributed by atoms with van der Waals surface area (Å²) in [6.45, 7) is 0.792. The summed E-state index contributed by atoms with van der Waals surface area (Å²) in [6.07, 6.45) is 1.64. The molecule has 0 bridgehead atoms. The monoisotopic (exact) mass is 289 g/mol. The molecule has 82 valence electrons. The second-order valence-corrected chi connectivity index (χ2v) is 6.63. The summed E-state index contributed by atoms with van der Waals surface area (Å²) in [7, 11) is -3.19. The van der Waals surface area contributed by atoms with Crippen molar-refractivity contribution in [1.29, 1.82) is 0 Å². The van der Waals surface area contributed by atoms with Gasteiger partial charge < -0.3 is 5.32 Å². The molecule has 1 aliphatic rings. The molecule has 0 radical (unpaired) electrons. The van der Waals surface area contributed by atoms with E-state index in [1.165, 1.54) is 0 Å². The van der Waals surface area contributed by atoms with Crippen LogP contribution in [0.25, 0.3) is 0 Å². The van der Waals surface area contributed by atoms with Crippen molar-refractivity contribution in [2.75, 3.05) is 6.54 Å². The maximum absolute atomic E-state index is 12.1. The first-order chi connectivity index (χ1) is 7.10. The zero-order valence-electron chi connectivity index (χ0n) is 8.11. The Morgan fingerprint density at radius 1 is 1.27 bits per heavy atom. The van der Waals surface area contributed by atoms with Crippen LogP contribution in [0.5, 0.6) is 0 Å². The SMILES string of the molecule is O=S(=O)(c1ccc(Br)cc1)C1CCCN1. The van der Waals surface area contributed by atoms with Crippen LogP contribution in [0, 0.1) is 0 Å². The molecule has 1 aromatic carbocycles. The summed E-state index contributed by atoms with van der Waals surface area (Å²) in [6, 6.07) is 6.78. The van der Waals surface area contributed by atoms with Gasteiger partial charge in [-0.1, -0.05) is 15.9 Å². The highest BCUT2D eigenvalue weighted by molar-refractivity contribution is 9.10. The summed E-state index contributed by atoms with van der Waals surface area (Å²) >= 11 is 3.29. The minimum absolute atomic E-state index is 0.394. The molecule has 1 atom stereocenters. The Morgan fingerprint density at radius 3 is 2.47 bits per heavy atom. The molecule has 3 nitrogen and oxygen atoms in total. The number of nitrogens with one attached hydrogen (secondary N) is 1. The number of benzene rings is 1. The highest BCUT2D eigenvalue weighted by atomic mass is 79.9. The molecule has 2 rings (SSSR count). The van der Waals surface area contributed by atoms with E-state index >= 15 is 0 Å². The Kier molecular flexibility index (Phi) is 3.13. The predicted molar refractivity (Wildman–Crippen MR) is 62.4 cm³/mol. The summed E-state index contributed by atoms with van der Waals surface area (Å²) < 4.78 is 25.0. The smallest absolute Gasteiger partial charge is 0.194 e. The molecule has 1 aliphatic heterocycles. The van der Waals surface area contributed by atoms with Crippen LogP contribution in [-0.4, -0.2) is 20.3 Å². The molecular formula is C10H12BrNO2S. The zero-order valence-corrected chi connectivity index (χ0v) is 10.5. The van der Waals surface area contributed by atoms with Crippen LogP contribution in [0.15, 0.2) is 33.6 Å². The molecule has 0 saturated carbocycles. The van der Waals surface area contributed by atoms with Crippen LogP contribution >= 0.6 is 15.9 Å². The molecule has 1 fully saturated rings. The maximum Gasteiger partial charge on any atom is 0.194 e. The van der Waals surface area contributed by atoms with Crippen LogP contribution in [0.4, 0.5) is 0 Å². The third-order valence-corrected chi connectivity index (χ3v) is 5.14. The van der Waals surface area contributed by atoms with Crippen LogP contribution < -0.4 is 5.32 Å². The third kappa shape index (κ3) is 2.24. The minimum atomic E-state index is -3.19. The summed E-state index contributed by atoms with van der Waals surface area (Å²) in [5, 5.41) is 2.61. The van der Waals surface area contributed by atoms with Gasteiger partial charge in [0.1, 0.15) is 5.37 Å². The van der Waals surface area contributed by atoms with Crippen molar-refractivity contribution < 1.29 is 8.42 Å². The molecule has 1 heterocycles. The molecule has 1 saturated heterocycles. The lowest BCUT2D eigenvalue weighted by atomic mass is 10.4. The highest BCUT2D eigenvalue weighted by Gasteiger charge is 2.29. The lowest BCUT2D eigenvalue weighted by Crippen LogP contribution is -2.30. The first-order valence-electron chi connectivity index (χ1n) is 4.83. The number of rotatable bonds is 2. The molecule has 15 heavy (non-hydrogen) atoms. The van der Waals surface area contributed by atoms with Gasteiger partial charge in [0.15, 0.2) is 9.84 Å². The number of halogens is 1. The fraction of sp³-hybridized carbons (Fsp3) is 0.400. The standard InChI is InChI=1S/C10H12BrNO2S/c11-8-3-5-9(6-4-8)15(13,14)10-2-1-7-12-10/h3-6,10,12H,1-2,7H2. The molecule has 0 spiro atoms. The molecule has 1 aromatic rings. The van der Waals surface area contributed by atoms with Crippen molar-refractivity contribution in [1.82, 2.24) is 5.32 Å². The Morgan fingerprint density at radius 2 is 1.93 bits per heavy atom. The van der Waals surface area contributed by atoms with E-state index in [0.29, 0.717) is 11.3 Å². The van der Waals surface area contributed by atoms with E-state index in [1.807, 2.05) is 0 Å². The quantitative estimate of drug-likeness (QED) is 0.905. The first kappa shape index (κ1) is 11.1. The topological polar surface area (TPSA) is 46.2 Å². The van der Waals surface area contributed by atoms with Crippen LogP contribution in [0.2, 0.25) is 0 Å². The molecular weight excluding hydrogens is 278 g/mol. The maximum atomic E-state index is 12.1. The van der Waals surface area contributed by atoms with Gasteiger partial charge in [0.05, 0.1) is 4.90 Å². The Bertz CT molecular complexity index is 435.